The van der Waals surface area contributed by atoms with E-state index in [4.69, 9.17) is 4.74 Å². The van der Waals surface area contributed by atoms with E-state index >= 15 is 0 Å². The molecule has 2 fully saturated rings. The molecule has 1 aliphatic carbocycles. The molecular formula is C15H28N2O2. The van der Waals surface area contributed by atoms with Crippen LogP contribution in [-0.2, 0) is 9.53 Å². The van der Waals surface area contributed by atoms with E-state index in [2.05, 4.69) is 10.6 Å². The Morgan fingerprint density at radius 3 is 2.74 bits per heavy atom. The third kappa shape index (κ3) is 4.46. The van der Waals surface area contributed by atoms with E-state index in [9.17, 15) is 4.79 Å². The van der Waals surface area contributed by atoms with Gasteiger partial charge in [0, 0.05) is 31.7 Å². The zero-order valence-electron chi connectivity index (χ0n) is 12.2. The van der Waals surface area contributed by atoms with Crippen LogP contribution < -0.4 is 10.6 Å². The van der Waals surface area contributed by atoms with Gasteiger partial charge in [-0.3, -0.25) is 4.79 Å². The molecule has 2 rings (SSSR count). The van der Waals surface area contributed by atoms with Gasteiger partial charge in [-0.2, -0.15) is 0 Å². The number of hydrogen-bond donors (Lipinski definition) is 2. The number of amides is 1. The lowest BCUT2D eigenvalue weighted by Crippen LogP contribution is -2.48. The molecule has 2 aliphatic rings. The molecule has 0 aromatic heterocycles. The van der Waals surface area contributed by atoms with E-state index in [1.54, 1.807) is 0 Å². The van der Waals surface area contributed by atoms with Gasteiger partial charge >= 0.3 is 0 Å². The van der Waals surface area contributed by atoms with Crippen molar-refractivity contribution in [1.29, 1.82) is 0 Å². The summed E-state index contributed by atoms with van der Waals surface area (Å²) in [5, 5.41) is 6.48. The second-order valence-electron chi connectivity index (χ2n) is 6.14. The Kier molecular flexibility index (Phi) is 5.64. The number of carbonyl (C=O) groups is 1. The van der Waals surface area contributed by atoms with Crippen LogP contribution in [0.1, 0.15) is 51.4 Å². The summed E-state index contributed by atoms with van der Waals surface area (Å²) in [6, 6.07) is 0. The van der Waals surface area contributed by atoms with E-state index in [-0.39, 0.29) is 11.4 Å². The molecule has 1 amide bonds. The highest BCUT2D eigenvalue weighted by molar-refractivity contribution is 5.77. The summed E-state index contributed by atoms with van der Waals surface area (Å²) >= 11 is 0. The molecule has 4 heteroatoms. The lowest BCUT2D eigenvalue weighted by Gasteiger charge is -2.36. The largest absolute Gasteiger partial charge is 0.381 e. The summed E-state index contributed by atoms with van der Waals surface area (Å²) in [4.78, 5) is 12.1. The fraction of sp³-hybridized carbons (Fsp3) is 0.933. The van der Waals surface area contributed by atoms with Crippen LogP contribution in [0.3, 0.4) is 0 Å². The average molecular weight is 268 g/mol. The SMILES string of the molecule is CNC1(CC(=O)NCCC2CCOC2)CCCCC1. The van der Waals surface area contributed by atoms with Gasteiger partial charge in [0.05, 0.1) is 0 Å². The van der Waals surface area contributed by atoms with Gasteiger partial charge in [-0.05, 0) is 38.6 Å². The first kappa shape index (κ1) is 14.8. The van der Waals surface area contributed by atoms with Crippen molar-refractivity contribution in [3.05, 3.63) is 0 Å². The van der Waals surface area contributed by atoms with Crippen molar-refractivity contribution in [2.45, 2.75) is 56.9 Å². The van der Waals surface area contributed by atoms with E-state index in [0.29, 0.717) is 12.3 Å². The fourth-order valence-electron chi connectivity index (χ4n) is 3.34. The summed E-state index contributed by atoms with van der Waals surface area (Å²) < 4.78 is 5.35. The molecule has 1 aliphatic heterocycles. The third-order valence-corrected chi connectivity index (χ3v) is 4.74. The van der Waals surface area contributed by atoms with Crippen molar-refractivity contribution in [1.82, 2.24) is 10.6 Å². The lowest BCUT2D eigenvalue weighted by molar-refractivity contribution is -0.122. The maximum absolute atomic E-state index is 12.1. The minimum atomic E-state index is 0.0544. The average Bonchev–Trinajstić information content (AvgIpc) is 2.93. The normalized spacial score (nSPS) is 26.3. The van der Waals surface area contributed by atoms with Crippen LogP contribution in [0.2, 0.25) is 0 Å². The lowest BCUT2D eigenvalue weighted by atomic mass is 9.79. The maximum atomic E-state index is 12.1. The maximum Gasteiger partial charge on any atom is 0.221 e. The number of hydrogen-bond acceptors (Lipinski definition) is 3. The minimum Gasteiger partial charge on any atom is -0.381 e. The van der Waals surface area contributed by atoms with Gasteiger partial charge < -0.3 is 15.4 Å². The standard InChI is InChI=1S/C15H28N2O2/c1-16-15(7-3-2-4-8-15)11-14(18)17-9-5-13-6-10-19-12-13/h13,16H,2-12H2,1H3,(H,17,18). The van der Waals surface area contributed by atoms with Crippen molar-refractivity contribution in [3.63, 3.8) is 0 Å². The van der Waals surface area contributed by atoms with Crippen molar-refractivity contribution in [2.75, 3.05) is 26.8 Å². The summed E-state index contributed by atoms with van der Waals surface area (Å²) in [6.45, 7) is 2.56. The molecule has 2 N–H and O–H groups in total. The Bertz CT molecular complexity index is 282. The van der Waals surface area contributed by atoms with Crippen molar-refractivity contribution in [2.24, 2.45) is 5.92 Å². The molecule has 0 aromatic rings. The molecule has 1 saturated heterocycles. The first-order valence-electron chi connectivity index (χ1n) is 7.77. The fourth-order valence-corrected chi connectivity index (χ4v) is 3.34. The van der Waals surface area contributed by atoms with Crippen molar-refractivity contribution < 1.29 is 9.53 Å². The Hall–Kier alpha value is -0.610. The van der Waals surface area contributed by atoms with Gasteiger partial charge in [-0.15, -0.1) is 0 Å². The highest BCUT2D eigenvalue weighted by atomic mass is 16.5. The van der Waals surface area contributed by atoms with E-state index in [1.807, 2.05) is 7.05 Å². The smallest absolute Gasteiger partial charge is 0.221 e. The summed E-state index contributed by atoms with van der Waals surface area (Å²) in [5.41, 5.74) is 0.0544. The van der Waals surface area contributed by atoms with E-state index in [1.165, 1.54) is 19.3 Å². The van der Waals surface area contributed by atoms with E-state index in [0.717, 1.165) is 45.4 Å². The highest BCUT2D eigenvalue weighted by Crippen LogP contribution is 2.30. The number of nitrogens with one attached hydrogen (secondary N) is 2. The molecular weight excluding hydrogens is 240 g/mol. The second kappa shape index (κ2) is 7.25. The molecule has 1 heterocycles. The van der Waals surface area contributed by atoms with Gasteiger partial charge in [0.25, 0.3) is 0 Å². The Morgan fingerprint density at radius 1 is 1.32 bits per heavy atom. The molecule has 110 valence electrons. The zero-order chi connectivity index (χ0) is 13.6. The first-order chi connectivity index (χ1) is 9.24. The van der Waals surface area contributed by atoms with Crippen molar-refractivity contribution >= 4 is 5.91 Å². The molecule has 1 saturated carbocycles. The molecule has 0 bridgehead atoms. The third-order valence-electron chi connectivity index (χ3n) is 4.74. The van der Waals surface area contributed by atoms with Gasteiger partial charge in [0.15, 0.2) is 0 Å². The molecule has 1 atom stereocenters. The quantitative estimate of drug-likeness (QED) is 0.773. The molecule has 0 radical (unpaired) electrons. The van der Waals surface area contributed by atoms with Crippen LogP contribution in [0.25, 0.3) is 0 Å². The van der Waals surface area contributed by atoms with Crippen LogP contribution in [0.5, 0.6) is 0 Å². The molecule has 0 spiro atoms. The molecule has 1 unspecified atom stereocenters. The Balaban J connectivity index is 1.67. The van der Waals surface area contributed by atoms with Gasteiger partial charge in [0.1, 0.15) is 0 Å². The zero-order valence-corrected chi connectivity index (χ0v) is 12.2. The van der Waals surface area contributed by atoms with Crippen molar-refractivity contribution in [3.8, 4) is 0 Å². The predicted octanol–water partition coefficient (Wildman–Crippen LogP) is 1.84. The molecule has 0 aromatic carbocycles. The molecule has 19 heavy (non-hydrogen) atoms. The topological polar surface area (TPSA) is 50.4 Å². The number of rotatable bonds is 6. The summed E-state index contributed by atoms with van der Waals surface area (Å²) in [6.07, 6.45) is 8.90. The molecule has 4 nitrogen and oxygen atoms in total. The summed E-state index contributed by atoms with van der Waals surface area (Å²) in [5.74, 6) is 0.850. The number of ether oxygens (including phenoxy) is 1. The predicted molar refractivity (Wildman–Crippen MR) is 76.0 cm³/mol. The van der Waals surface area contributed by atoms with Crippen LogP contribution in [0.15, 0.2) is 0 Å². The van der Waals surface area contributed by atoms with Gasteiger partial charge in [-0.1, -0.05) is 19.3 Å². The monoisotopic (exact) mass is 268 g/mol. The van der Waals surface area contributed by atoms with Crippen LogP contribution >= 0.6 is 0 Å². The Labute approximate surface area is 116 Å². The minimum absolute atomic E-state index is 0.0544. The second-order valence-corrected chi connectivity index (χ2v) is 6.14. The highest BCUT2D eigenvalue weighted by Gasteiger charge is 2.32. The summed E-state index contributed by atoms with van der Waals surface area (Å²) in [7, 11) is 1.99. The van der Waals surface area contributed by atoms with Crippen LogP contribution in [0.4, 0.5) is 0 Å². The van der Waals surface area contributed by atoms with Gasteiger partial charge in [-0.25, -0.2) is 0 Å². The van der Waals surface area contributed by atoms with Crippen LogP contribution in [-0.4, -0.2) is 38.3 Å². The van der Waals surface area contributed by atoms with E-state index < -0.39 is 0 Å². The Morgan fingerprint density at radius 2 is 2.11 bits per heavy atom. The number of carbonyl (C=O) groups excluding carboxylic acids is 1. The van der Waals surface area contributed by atoms with Crippen LogP contribution in [0, 0.1) is 5.92 Å². The first-order valence-corrected chi connectivity index (χ1v) is 7.77. The van der Waals surface area contributed by atoms with Gasteiger partial charge in [0.2, 0.25) is 5.91 Å².